The lowest BCUT2D eigenvalue weighted by Crippen LogP contribution is -2.04. The Kier molecular flexibility index (Phi) is 15.1. The highest BCUT2D eigenvalue weighted by atomic mass is 14.4. The van der Waals surface area contributed by atoms with E-state index in [4.69, 9.17) is 0 Å². The van der Waals surface area contributed by atoms with E-state index >= 15 is 0 Å². The van der Waals surface area contributed by atoms with E-state index in [1.807, 2.05) is 19.9 Å². The molecule has 0 spiro atoms. The normalized spacial score (nSPS) is 12.5. The second-order valence-electron chi connectivity index (χ2n) is 8.27. The van der Waals surface area contributed by atoms with Gasteiger partial charge in [0, 0.05) is 5.41 Å². The molecule has 0 aliphatic heterocycles. The van der Waals surface area contributed by atoms with Crippen LogP contribution in [0, 0.1) is 0 Å². The molecule has 0 saturated heterocycles. The maximum atomic E-state index is 4.08. The molecule has 0 unspecified atom stereocenters. The molecule has 0 bridgehead atoms. The summed E-state index contributed by atoms with van der Waals surface area (Å²) in [5.74, 6) is 0. The first-order valence-electron chi connectivity index (χ1n) is 12.5. The Morgan fingerprint density at radius 1 is 0.938 bits per heavy atom. The van der Waals surface area contributed by atoms with Crippen LogP contribution in [0.5, 0.6) is 0 Å². The molecule has 1 aliphatic rings. The van der Waals surface area contributed by atoms with Gasteiger partial charge in [0.15, 0.2) is 0 Å². The first-order valence-corrected chi connectivity index (χ1v) is 12.5. The number of hydrogen-bond donors (Lipinski definition) is 0. The predicted octanol–water partition coefficient (Wildman–Crippen LogP) is 10.2. The van der Waals surface area contributed by atoms with Gasteiger partial charge in [0.1, 0.15) is 0 Å². The molecular formula is C32H48. The van der Waals surface area contributed by atoms with Gasteiger partial charge in [-0.25, -0.2) is 0 Å². The molecule has 0 radical (unpaired) electrons. The number of hydrogen-bond acceptors (Lipinski definition) is 0. The van der Waals surface area contributed by atoms with E-state index in [1.165, 1.54) is 59.1 Å². The SMILES string of the molecule is C=CC1(c2ccc(C(=C)C)c(CCC)c2)CC1.C=Cc1ccc(CC)cc1.CC.CCC. The summed E-state index contributed by atoms with van der Waals surface area (Å²) in [5.41, 5.74) is 8.25. The van der Waals surface area contributed by atoms with Crippen LogP contribution >= 0.6 is 0 Å². The molecule has 0 heterocycles. The average Bonchev–Trinajstić information content (AvgIpc) is 3.63. The van der Waals surface area contributed by atoms with Crippen LogP contribution in [0.1, 0.15) is 102 Å². The molecule has 176 valence electrons. The van der Waals surface area contributed by atoms with Crippen molar-refractivity contribution in [2.24, 2.45) is 0 Å². The number of aryl methyl sites for hydroxylation is 2. The molecule has 0 aromatic heterocycles. The smallest absolute Gasteiger partial charge is 0.0130 e. The van der Waals surface area contributed by atoms with Crippen molar-refractivity contribution in [3.05, 3.63) is 96.1 Å². The van der Waals surface area contributed by atoms with Crippen molar-refractivity contribution in [1.82, 2.24) is 0 Å². The summed E-state index contributed by atoms with van der Waals surface area (Å²) in [5, 5.41) is 0. The molecule has 2 aromatic carbocycles. The van der Waals surface area contributed by atoms with Crippen LogP contribution in [0.3, 0.4) is 0 Å². The van der Waals surface area contributed by atoms with Crippen LogP contribution in [-0.2, 0) is 18.3 Å². The Labute approximate surface area is 200 Å². The molecular weight excluding hydrogens is 384 g/mol. The van der Waals surface area contributed by atoms with Gasteiger partial charge in [0.2, 0.25) is 0 Å². The van der Waals surface area contributed by atoms with E-state index in [0.29, 0.717) is 0 Å². The van der Waals surface area contributed by atoms with Gasteiger partial charge in [0.05, 0.1) is 0 Å². The lowest BCUT2D eigenvalue weighted by Gasteiger charge is -2.15. The van der Waals surface area contributed by atoms with Crippen molar-refractivity contribution in [2.75, 3.05) is 0 Å². The van der Waals surface area contributed by atoms with Gasteiger partial charge in [-0.3, -0.25) is 0 Å². The largest absolute Gasteiger partial charge is 0.102 e. The van der Waals surface area contributed by atoms with Crippen LogP contribution in [0.4, 0.5) is 0 Å². The third-order valence-corrected chi connectivity index (χ3v) is 5.46. The van der Waals surface area contributed by atoms with Gasteiger partial charge in [0.25, 0.3) is 0 Å². The zero-order chi connectivity index (χ0) is 24.6. The minimum absolute atomic E-state index is 0.288. The highest BCUT2D eigenvalue weighted by molar-refractivity contribution is 5.65. The summed E-state index contributed by atoms with van der Waals surface area (Å²) in [6, 6.07) is 15.3. The predicted molar refractivity (Wildman–Crippen MR) is 149 cm³/mol. The van der Waals surface area contributed by atoms with Crippen molar-refractivity contribution in [1.29, 1.82) is 0 Å². The Balaban J connectivity index is 0.000000545. The Hall–Kier alpha value is -2.34. The van der Waals surface area contributed by atoms with Gasteiger partial charge in [-0.05, 0) is 60.4 Å². The van der Waals surface area contributed by atoms with E-state index in [-0.39, 0.29) is 5.41 Å². The van der Waals surface area contributed by atoms with Crippen LogP contribution < -0.4 is 0 Å². The van der Waals surface area contributed by atoms with Crippen LogP contribution in [0.15, 0.2) is 68.3 Å². The van der Waals surface area contributed by atoms with Crippen LogP contribution in [-0.4, -0.2) is 0 Å². The van der Waals surface area contributed by atoms with E-state index in [0.717, 1.165) is 12.8 Å². The molecule has 2 aromatic rings. The second kappa shape index (κ2) is 16.3. The summed E-state index contributed by atoms with van der Waals surface area (Å²) in [6.07, 6.45) is 11.2. The molecule has 1 saturated carbocycles. The van der Waals surface area contributed by atoms with Crippen LogP contribution in [0.2, 0.25) is 0 Å². The first-order chi connectivity index (χ1) is 15.4. The van der Waals surface area contributed by atoms with Gasteiger partial charge in [-0.15, -0.1) is 6.58 Å². The fraction of sp³-hybridized carbons (Fsp3) is 0.438. The van der Waals surface area contributed by atoms with Gasteiger partial charge < -0.3 is 0 Å². The van der Waals surface area contributed by atoms with Crippen molar-refractivity contribution < 1.29 is 0 Å². The quantitative estimate of drug-likeness (QED) is 0.382. The molecule has 0 amide bonds. The zero-order valence-electron chi connectivity index (χ0n) is 22.1. The molecule has 1 fully saturated rings. The first kappa shape index (κ1) is 29.7. The van der Waals surface area contributed by atoms with E-state index in [1.54, 1.807) is 0 Å². The van der Waals surface area contributed by atoms with Gasteiger partial charge in [-0.2, -0.15) is 0 Å². The maximum absolute atomic E-state index is 4.08. The monoisotopic (exact) mass is 432 g/mol. The Bertz CT molecular complexity index is 800. The minimum atomic E-state index is 0.288. The van der Waals surface area contributed by atoms with Crippen molar-refractivity contribution >= 4 is 11.6 Å². The fourth-order valence-corrected chi connectivity index (χ4v) is 3.43. The molecule has 0 N–H and O–H groups in total. The maximum Gasteiger partial charge on any atom is 0.0130 e. The Morgan fingerprint density at radius 3 is 1.88 bits per heavy atom. The van der Waals surface area contributed by atoms with Crippen molar-refractivity contribution in [3.63, 3.8) is 0 Å². The van der Waals surface area contributed by atoms with Crippen LogP contribution in [0.25, 0.3) is 11.6 Å². The molecule has 0 atom stereocenters. The van der Waals surface area contributed by atoms with Crippen molar-refractivity contribution in [3.8, 4) is 0 Å². The fourth-order valence-electron chi connectivity index (χ4n) is 3.43. The molecule has 1 aliphatic carbocycles. The van der Waals surface area contributed by atoms with Gasteiger partial charge >= 0.3 is 0 Å². The topological polar surface area (TPSA) is 0 Å². The standard InChI is InChI=1S/C17H22.C10H12.C3H8.C2H6/c1-5-7-14-12-15(17(6-2)10-11-17)8-9-16(14)13(3)4;1-3-9-5-7-10(4-2)8-6-9;1-3-2;1-2/h6,8-9,12H,2-3,5,7,10-11H2,1,4H3;3,5-8H,1,4H2,2H3;3H2,1-2H3;1-2H3. The average molecular weight is 433 g/mol. The van der Waals surface area contributed by atoms with E-state index < -0.39 is 0 Å². The summed E-state index contributed by atoms with van der Waals surface area (Å²) < 4.78 is 0. The minimum Gasteiger partial charge on any atom is -0.102 e. The summed E-state index contributed by atoms with van der Waals surface area (Å²) in [7, 11) is 0. The van der Waals surface area contributed by atoms with E-state index in [9.17, 15) is 0 Å². The third-order valence-electron chi connectivity index (χ3n) is 5.46. The number of allylic oxidation sites excluding steroid dienone is 2. The lowest BCUT2D eigenvalue weighted by molar-refractivity contribution is 0.871. The molecule has 3 rings (SSSR count). The van der Waals surface area contributed by atoms with E-state index in [2.05, 4.69) is 103 Å². The highest BCUT2D eigenvalue weighted by Gasteiger charge is 2.41. The zero-order valence-corrected chi connectivity index (χ0v) is 22.1. The molecule has 0 heteroatoms. The summed E-state index contributed by atoms with van der Waals surface area (Å²) in [6.45, 7) is 26.5. The van der Waals surface area contributed by atoms with Gasteiger partial charge in [-0.1, -0.05) is 128 Å². The Morgan fingerprint density at radius 2 is 1.50 bits per heavy atom. The summed E-state index contributed by atoms with van der Waals surface area (Å²) >= 11 is 0. The molecule has 0 nitrogen and oxygen atoms in total. The second-order valence-corrected chi connectivity index (χ2v) is 8.27. The number of benzene rings is 2. The lowest BCUT2D eigenvalue weighted by atomic mass is 9.89. The highest BCUT2D eigenvalue weighted by Crippen LogP contribution is 2.49. The molecule has 32 heavy (non-hydrogen) atoms. The van der Waals surface area contributed by atoms with Crippen molar-refractivity contribution in [2.45, 2.75) is 92.4 Å². The summed E-state index contributed by atoms with van der Waals surface area (Å²) in [4.78, 5) is 0. The number of rotatable bonds is 7. The third kappa shape index (κ3) is 9.43.